The second-order valence-electron chi connectivity index (χ2n) is 9.01. The SMILES string of the molecule is CC1(c2cc(F)ccc2F)NC(=O)N(CC(=O)N(Cc2ccc(F)cc2)C2CCCCC2)C1=O. The van der Waals surface area contributed by atoms with Gasteiger partial charge in [-0.15, -0.1) is 0 Å². The Morgan fingerprint density at radius 1 is 1.03 bits per heavy atom. The summed E-state index contributed by atoms with van der Waals surface area (Å²) in [7, 11) is 0. The molecule has 0 spiro atoms. The Bertz CT molecular complexity index is 1100. The predicted octanol–water partition coefficient (Wildman–Crippen LogP) is 4.23. The molecule has 1 aliphatic heterocycles. The van der Waals surface area contributed by atoms with Crippen molar-refractivity contribution in [1.29, 1.82) is 0 Å². The Morgan fingerprint density at radius 2 is 1.68 bits per heavy atom. The van der Waals surface area contributed by atoms with Crippen molar-refractivity contribution in [1.82, 2.24) is 15.1 Å². The van der Waals surface area contributed by atoms with E-state index in [1.807, 2.05) is 0 Å². The van der Waals surface area contributed by atoms with Crippen molar-refractivity contribution in [2.75, 3.05) is 6.54 Å². The van der Waals surface area contributed by atoms with Crippen LogP contribution in [0.5, 0.6) is 0 Å². The number of nitrogens with zero attached hydrogens (tertiary/aromatic N) is 2. The van der Waals surface area contributed by atoms with Crippen LogP contribution in [0.15, 0.2) is 42.5 Å². The van der Waals surface area contributed by atoms with E-state index in [1.54, 1.807) is 17.0 Å². The molecule has 1 atom stereocenters. The van der Waals surface area contributed by atoms with Gasteiger partial charge in [0.15, 0.2) is 0 Å². The van der Waals surface area contributed by atoms with Crippen molar-refractivity contribution in [2.24, 2.45) is 0 Å². The van der Waals surface area contributed by atoms with E-state index in [4.69, 9.17) is 0 Å². The maximum atomic E-state index is 14.4. The van der Waals surface area contributed by atoms with Crippen molar-refractivity contribution in [3.05, 3.63) is 71.0 Å². The predicted molar refractivity (Wildman–Crippen MR) is 118 cm³/mol. The van der Waals surface area contributed by atoms with E-state index in [-0.39, 0.29) is 24.0 Å². The molecule has 1 saturated carbocycles. The van der Waals surface area contributed by atoms with E-state index < -0.39 is 41.6 Å². The minimum Gasteiger partial charge on any atom is -0.334 e. The normalized spacial score (nSPS) is 21.0. The zero-order valence-electron chi connectivity index (χ0n) is 18.8. The molecule has 4 amide bonds. The lowest BCUT2D eigenvalue weighted by Crippen LogP contribution is -2.48. The van der Waals surface area contributed by atoms with Crippen LogP contribution in [0.4, 0.5) is 18.0 Å². The van der Waals surface area contributed by atoms with E-state index in [0.29, 0.717) is 0 Å². The van der Waals surface area contributed by atoms with Gasteiger partial charge >= 0.3 is 6.03 Å². The Balaban J connectivity index is 1.56. The standard InChI is InChI=1S/C25H26F3N3O3/c1-25(20-13-18(27)11-12-21(20)28)23(33)31(24(34)29-25)15-22(32)30(19-5-3-2-4-6-19)14-16-7-9-17(26)10-8-16/h7-13,19H,2-6,14-15H2,1H3,(H,29,34). The number of hydrogen-bond donors (Lipinski definition) is 1. The summed E-state index contributed by atoms with van der Waals surface area (Å²) >= 11 is 0. The topological polar surface area (TPSA) is 69.7 Å². The average Bonchev–Trinajstić information content (AvgIpc) is 3.04. The monoisotopic (exact) mass is 473 g/mol. The van der Waals surface area contributed by atoms with Gasteiger partial charge in [0.25, 0.3) is 5.91 Å². The molecule has 1 N–H and O–H groups in total. The first-order chi connectivity index (χ1) is 16.2. The lowest BCUT2D eigenvalue weighted by molar-refractivity contribution is -0.141. The molecule has 0 bridgehead atoms. The van der Waals surface area contributed by atoms with Gasteiger partial charge in [0.05, 0.1) is 0 Å². The third-order valence-corrected chi connectivity index (χ3v) is 6.64. The summed E-state index contributed by atoms with van der Waals surface area (Å²) in [6, 6.07) is 7.56. The van der Waals surface area contributed by atoms with Crippen LogP contribution < -0.4 is 5.32 Å². The van der Waals surface area contributed by atoms with Gasteiger partial charge in [-0.05, 0) is 55.7 Å². The smallest absolute Gasteiger partial charge is 0.325 e. The van der Waals surface area contributed by atoms with Gasteiger partial charge in [-0.3, -0.25) is 14.5 Å². The van der Waals surface area contributed by atoms with E-state index in [9.17, 15) is 27.6 Å². The molecule has 1 aliphatic carbocycles. The van der Waals surface area contributed by atoms with Crippen LogP contribution in [0, 0.1) is 17.5 Å². The van der Waals surface area contributed by atoms with Crippen LogP contribution in [0.25, 0.3) is 0 Å². The molecule has 34 heavy (non-hydrogen) atoms. The first-order valence-corrected chi connectivity index (χ1v) is 11.3. The molecule has 2 aromatic rings. The maximum Gasteiger partial charge on any atom is 0.325 e. The van der Waals surface area contributed by atoms with Crippen molar-refractivity contribution in [3.8, 4) is 0 Å². The number of hydrogen-bond acceptors (Lipinski definition) is 3. The lowest BCUT2D eigenvalue weighted by Gasteiger charge is -2.35. The van der Waals surface area contributed by atoms with Crippen LogP contribution in [0.1, 0.15) is 50.2 Å². The van der Waals surface area contributed by atoms with Gasteiger partial charge in [0.2, 0.25) is 5.91 Å². The van der Waals surface area contributed by atoms with Crippen molar-refractivity contribution < 1.29 is 27.6 Å². The number of rotatable bonds is 6. The zero-order valence-corrected chi connectivity index (χ0v) is 18.8. The van der Waals surface area contributed by atoms with Crippen LogP contribution in [0.2, 0.25) is 0 Å². The molecule has 1 unspecified atom stereocenters. The van der Waals surface area contributed by atoms with Gasteiger partial charge in [0, 0.05) is 18.2 Å². The van der Waals surface area contributed by atoms with E-state index >= 15 is 0 Å². The Hall–Kier alpha value is -3.36. The molecule has 1 heterocycles. The summed E-state index contributed by atoms with van der Waals surface area (Å²) < 4.78 is 41.5. The molecule has 0 aromatic heterocycles. The number of nitrogens with one attached hydrogen (secondary N) is 1. The second kappa shape index (κ2) is 9.48. The second-order valence-corrected chi connectivity index (χ2v) is 9.01. The highest BCUT2D eigenvalue weighted by Gasteiger charge is 2.51. The van der Waals surface area contributed by atoms with Crippen LogP contribution >= 0.6 is 0 Å². The largest absolute Gasteiger partial charge is 0.334 e. The fourth-order valence-corrected chi connectivity index (χ4v) is 4.73. The number of benzene rings is 2. The molecular formula is C25H26F3N3O3. The summed E-state index contributed by atoms with van der Waals surface area (Å²) in [5, 5.41) is 2.41. The summed E-state index contributed by atoms with van der Waals surface area (Å²) in [5.41, 5.74) is -1.42. The Morgan fingerprint density at radius 3 is 2.35 bits per heavy atom. The van der Waals surface area contributed by atoms with Gasteiger partial charge in [-0.2, -0.15) is 0 Å². The molecule has 4 rings (SSSR count). The zero-order chi connectivity index (χ0) is 24.5. The first kappa shape index (κ1) is 23.8. The minimum atomic E-state index is -1.84. The minimum absolute atomic E-state index is 0.0703. The Labute approximate surface area is 195 Å². The molecule has 9 heteroatoms. The van der Waals surface area contributed by atoms with E-state index in [0.717, 1.165) is 60.8 Å². The fraction of sp³-hybridized carbons (Fsp3) is 0.400. The highest BCUT2D eigenvalue weighted by molar-refractivity contribution is 6.09. The number of carbonyl (C=O) groups is 3. The van der Waals surface area contributed by atoms with Crippen LogP contribution in [-0.2, 0) is 21.7 Å². The molecule has 2 aliphatic rings. The summed E-state index contributed by atoms with van der Waals surface area (Å²) in [6.45, 7) is 0.963. The molecular weight excluding hydrogens is 447 g/mol. The molecule has 1 saturated heterocycles. The lowest BCUT2D eigenvalue weighted by atomic mass is 9.91. The van der Waals surface area contributed by atoms with Crippen LogP contribution in [-0.4, -0.2) is 40.2 Å². The molecule has 2 fully saturated rings. The Kier molecular flexibility index (Phi) is 6.63. The molecule has 0 radical (unpaired) electrons. The third-order valence-electron chi connectivity index (χ3n) is 6.64. The molecule has 2 aromatic carbocycles. The van der Waals surface area contributed by atoms with Crippen molar-refractivity contribution >= 4 is 17.8 Å². The van der Waals surface area contributed by atoms with Gasteiger partial charge in [-0.25, -0.2) is 18.0 Å². The first-order valence-electron chi connectivity index (χ1n) is 11.3. The number of halogens is 3. The van der Waals surface area contributed by atoms with Gasteiger partial charge in [0.1, 0.15) is 29.5 Å². The quantitative estimate of drug-likeness (QED) is 0.639. The van der Waals surface area contributed by atoms with Crippen molar-refractivity contribution in [3.63, 3.8) is 0 Å². The number of urea groups is 1. The van der Waals surface area contributed by atoms with Crippen LogP contribution in [0.3, 0.4) is 0 Å². The van der Waals surface area contributed by atoms with Gasteiger partial charge in [-0.1, -0.05) is 31.4 Å². The third kappa shape index (κ3) is 4.64. The summed E-state index contributed by atoms with van der Waals surface area (Å²) in [4.78, 5) is 41.6. The fourth-order valence-electron chi connectivity index (χ4n) is 4.73. The number of amides is 4. The summed E-state index contributed by atoms with van der Waals surface area (Å²) in [6.07, 6.45) is 4.56. The van der Waals surface area contributed by atoms with Gasteiger partial charge < -0.3 is 10.2 Å². The summed E-state index contributed by atoms with van der Waals surface area (Å²) in [5.74, 6) is -3.25. The molecule has 6 nitrogen and oxygen atoms in total. The van der Waals surface area contributed by atoms with Crippen molar-refractivity contribution in [2.45, 2.75) is 57.2 Å². The average molecular weight is 473 g/mol. The highest BCUT2D eigenvalue weighted by Crippen LogP contribution is 2.32. The molecule has 180 valence electrons. The number of carbonyl (C=O) groups excluding carboxylic acids is 3. The van der Waals surface area contributed by atoms with E-state index in [1.165, 1.54) is 19.1 Å². The number of imide groups is 1. The van der Waals surface area contributed by atoms with E-state index in [2.05, 4.69) is 5.32 Å². The maximum absolute atomic E-state index is 14.4. The highest BCUT2D eigenvalue weighted by atomic mass is 19.1.